The van der Waals surface area contributed by atoms with Gasteiger partial charge >= 0.3 is 0 Å². The zero-order valence-corrected chi connectivity index (χ0v) is 8.83. The SMILES string of the molecule is CN(C)CCCn1cnnc1CCl. The van der Waals surface area contributed by atoms with Crippen LogP contribution in [0.3, 0.4) is 0 Å². The molecule has 5 heteroatoms. The summed E-state index contributed by atoms with van der Waals surface area (Å²) in [6.07, 6.45) is 2.82. The minimum absolute atomic E-state index is 0.433. The zero-order chi connectivity index (χ0) is 9.68. The lowest BCUT2D eigenvalue weighted by Gasteiger charge is -2.09. The van der Waals surface area contributed by atoms with Gasteiger partial charge in [0, 0.05) is 6.54 Å². The van der Waals surface area contributed by atoms with Crippen LogP contribution in [0, 0.1) is 0 Å². The molecule has 0 radical (unpaired) electrons. The number of rotatable bonds is 5. The van der Waals surface area contributed by atoms with E-state index in [-0.39, 0.29) is 0 Å². The maximum absolute atomic E-state index is 5.68. The van der Waals surface area contributed by atoms with Gasteiger partial charge in [-0.05, 0) is 27.1 Å². The smallest absolute Gasteiger partial charge is 0.147 e. The van der Waals surface area contributed by atoms with Gasteiger partial charge < -0.3 is 9.47 Å². The van der Waals surface area contributed by atoms with E-state index in [1.807, 2.05) is 4.57 Å². The van der Waals surface area contributed by atoms with Crippen LogP contribution < -0.4 is 0 Å². The minimum atomic E-state index is 0.433. The Morgan fingerprint density at radius 1 is 1.54 bits per heavy atom. The van der Waals surface area contributed by atoms with E-state index >= 15 is 0 Å². The Labute approximate surface area is 83.5 Å². The highest BCUT2D eigenvalue weighted by Gasteiger charge is 2.01. The summed E-state index contributed by atoms with van der Waals surface area (Å²) in [5.74, 6) is 1.28. The van der Waals surface area contributed by atoms with Crippen LogP contribution in [0.4, 0.5) is 0 Å². The third-order valence-corrected chi connectivity index (χ3v) is 2.06. The summed E-state index contributed by atoms with van der Waals surface area (Å²) in [7, 11) is 4.13. The van der Waals surface area contributed by atoms with Crippen LogP contribution in [-0.2, 0) is 12.4 Å². The van der Waals surface area contributed by atoms with E-state index in [2.05, 4.69) is 29.2 Å². The van der Waals surface area contributed by atoms with Gasteiger partial charge in [0.2, 0.25) is 0 Å². The second-order valence-corrected chi connectivity index (χ2v) is 3.50. The molecule has 0 aliphatic carbocycles. The monoisotopic (exact) mass is 202 g/mol. The third-order valence-electron chi connectivity index (χ3n) is 1.82. The van der Waals surface area contributed by atoms with Crippen molar-refractivity contribution in [3.63, 3.8) is 0 Å². The Morgan fingerprint density at radius 3 is 2.92 bits per heavy atom. The van der Waals surface area contributed by atoms with Crippen LogP contribution in [0.2, 0.25) is 0 Å². The summed E-state index contributed by atoms with van der Waals surface area (Å²) in [6.45, 7) is 2.01. The fourth-order valence-corrected chi connectivity index (χ4v) is 1.33. The highest BCUT2D eigenvalue weighted by atomic mass is 35.5. The van der Waals surface area contributed by atoms with Gasteiger partial charge in [0.05, 0.1) is 5.88 Å². The molecule has 0 N–H and O–H groups in total. The van der Waals surface area contributed by atoms with Gasteiger partial charge in [0.25, 0.3) is 0 Å². The summed E-state index contributed by atoms with van der Waals surface area (Å²) in [5.41, 5.74) is 0. The normalized spacial score (nSPS) is 11.1. The van der Waals surface area contributed by atoms with Crippen molar-refractivity contribution in [3.05, 3.63) is 12.2 Å². The number of hydrogen-bond acceptors (Lipinski definition) is 3. The van der Waals surface area contributed by atoms with Gasteiger partial charge in [-0.25, -0.2) is 0 Å². The quantitative estimate of drug-likeness (QED) is 0.668. The molecule has 0 fully saturated rings. The van der Waals surface area contributed by atoms with Crippen molar-refractivity contribution in [2.75, 3.05) is 20.6 Å². The molecule has 0 bridgehead atoms. The average molecular weight is 203 g/mol. The van der Waals surface area contributed by atoms with Crippen LogP contribution in [0.1, 0.15) is 12.2 Å². The summed E-state index contributed by atoms with van der Waals surface area (Å²) >= 11 is 5.68. The fourth-order valence-electron chi connectivity index (χ4n) is 1.13. The second-order valence-electron chi connectivity index (χ2n) is 3.23. The highest BCUT2D eigenvalue weighted by molar-refractivity contribution is 6.16. The maximum atomic E-state index is 5.68. The molecular weight excluding hydrogens is 188 g/mol. The predicted molar refractivity (Wildman–Crippen MR) is 52.8 cm³/mol. The lowest BCUT2D eigenvalue weighted by molar-refractivity contribution is 0.385. The van der Waals surface area contributed by atoms with E-state index in [1.54, 1.807) is 6.33 Å². The zero-order valence-electron chi connectivity index (χ0n) is 8.07. The molecule has 4 nitrogen and oxygen atoms in total. The minimum Gasteiger partial charge on any atom is -0.317 e. The van der Waals surface area contributed by atoms with Gasteiger partial charge in [0.15, 0.2) is 0 Å². The second kappa shape index (κ2) is 5.19. The molecule has 0 atom stereocenters. The first-order valence-electron chi connectivity index (χ1n) is 4.31. The van der Waals surface area contributed by atoms with Crippen LogP contribution in [0.15, 0.2) is 6.33 Å². The van der Waals surface area contributed by atoms with Gasteiger partial charge in [-0.3, -0.25) is 0 Å². The van der Waals surface area contributed by atoms with Gasteiger partial charge in [0.1, 0.15) is 12.2 Å². The molecule has 0 aliphatic rings. The summed E-state index contributed by atoms with van der Waals surface area (Å²) < 4.78 is 2.00. The molecule has 0 aliphatic heterocycles. The van der Waals surface area contributed by atoms with Gasteiger partial charge in [-0.1, -0.05) is 0 Å². The van der Waals surface area contributed by atoms with Crippen LogP contribution in [0.5, 0.6) is 0 Å². The van der Waals surface area contributed by atoms with Crippen molar-refractivity contribution in [1.82, 2.24) is 19.7 Å². The van der Waals surface area contributed by atoms with Crippen molar-refractivity contribution in [2.24, 2.45) is 0 Å². The van der Waals surface area contributed by atoms with Crippen LogP contribution >= 0.6 is 11.6 Å². The molecule has 0 unspecified atom stereocenters. The molecule has 1 aromatic rings. The number of hydrogen-bond donors (Lipinski definition) is 0. The number of halogens is 1. The first-order chi connectivity index (χ1) is 6.24. The predicted octanol–water partition coefficient (Wildman–Crippen LogP) is 0.969. The number of alkyl halides is 1. The lowest BCUT2D eigenvalue weighted by atomic mass is 10.4. The Kier molecular flexibility index (Phi) is 4.18. The highest BCUT2D eigenvalue weighted by Crippen LogP contribution is 2.00. The van der Waals surface area contributed by atoms with E-state index in [4.69, 9.17) is 11.6 Å². The standard InChI is InChI=1S/C8H15ClN4/c1-12(2)4-3-5-13-7-10-11-8(13)6-9/h7H,3-6H2,1-2H3. The molecule has 0 saturated heterocycles. The van der Waals surface area contributed by atoms with E-state index < -0.39 is 0 Å². The van der Waals surface area contributed by atoms with Crippen molar-refractivity contribution < 1.29 is 0 Å². The molecule has 0 saturated carbocycles. The first-order valence-corrected chi connectivity index (χ1v) is 4.85. The largest absolute Gasteiger partial charge is 0.317 e. The number of aromatic nitrogens is 3. The number of nitrogens with zero attached hydrogens (tertiary/aromatic N) is 4. The Morgan fingerprint density at radius 2 is 2.31 bits per heavy atom. The summed E-state index contributed by atoms with van der Waals surface area (Å²) in [5, 5.41) is 7.71. The van der Waals surface area contributed by atoms with Crippen molar-refractivity contribution in [3.8, 4) is 0 Å². The third kappa shape index (κ3) is 3.32. The fraction of sp³-hybridized carbons (Fsp3) is 0.750. The summed E-state index contributed by atoms with van der Waals surface area (Å²) in [6, 6.07) is 0. The topological polar surface area (TPSA) is 34.0 Å². The molecule has 1 rings (SSSR count). The van der Waals surface area contributed by atoms with Crippen molar-refractivity contribution >= 4 is 11.6 Å². The molecule has 1 heterocycles. The number of aryl methyl sites for hydroxylation is 1. The van der Waals surface area contributed by atoms with E-state index in [0.717, 1.165) is 25.3 Å². The first kappa shape index (κ1) is 10.5. The Hall–Kier alpha value is -0.610. The van der Waals surface area contributed by atoms with E-state index in [0.29, 0.717) is 5.88 Å². The molecular formula is C8H15ClN4. The van der Waals surface area contributed by atoms with Crippen LogP contribution in [-0.4, -0.2) is 40.3 Å². The molecule has 74 valence electrons. The van der Waals surface area contributed by atoms with E-state index in [9.17, 15) is 0 Å². The molecule has 0 amide bonds. The van der Waals surface area contributed by atoms with Crippen molar-refractivity contribution in [1.29, 1.82) is 0 Å². The Bertz CT molecular complexity index is 246. The molecule has 1 aromatic heterocycles. The summed E-state index contributed by atoms with van der Waals surface area (Å²) in [4.78, 5) is 2.16. The van der Waals surface area contributed by atoms with Crippen LogP contribution in [0.25, 0.3) is 0 Å². The Balaban J connectivity index is 2.36. The maximum Gasteiger partial charge on any atom is 0.147 e. The molecule has 0 spiro atoms. The van der Waals surface area contributed by atoms with Gasteiger partial charge in [-0.15, -0.1) is 21.8 Å². The average Bonchev–Trinajstić information content (AvgIpc) is 2.51. The lowest BCUT2D eigenvalue weighted by Crippen LogP contribution is -2.15. The van der Waals surface area contributed by atoms with Gasteiger partial charge in [-0.2, -0.15) is 0 Å². The molecule has 0 aromatic carbocycles. The van der Waals surface area contributed by atoms with E-state index in [1.165, 1.54) is 0 Å². The van der Waals surface area contributed by atoms with Crippen molar-refractivity contribution in [2.45, 2.75) is 18.8 Å². The molecule has 13 heavy (non-hydrogen) atoms.